The van der Waals surface area contributed by atoms with Gasteiger partial charge in [0, 0.05) is 22.7 Å². The first-order valence-electron chi connectivity index (χ1n) is 6.36. The van der Waals surface area contributed by atoms with Crippen LogP contribution in [0, 0.1) is 5.82 Å². The van der Waals surface area contributed by atoms with Crippen molar-refractivity contribution < 1.29 is 13.9 Å². The van der Waals surface area contributed by atoms with E-state index in [9.17, 15) is 9.18 Å². The highest BCUT2D eigenvalue weighted by atomic mass is 32.1. The maximum atomic E-state index is 13.2. The van der Waals surface area contributed by atoms with E-state index in [-0.39, 0.29) is 5.69 Å². The van der Waals surface area contributed by atoms with E-state index in [1.54, 1.807) is 24.4 Å². The summed E-state index contributed by atoms with van der Waals surface area (Å²) in [6, 6.07) is 6.17. The van der Waals surface area contributed by atoms with Gasteiger partial charge in [0.2, 0.25) is 0 Å². The quantitative estimate of drug-likeness (QED) is 0.573. The Balaban J connectivity index is 1.91. The van der Waals surface area contributed by atoms with Gasteiger partial charge in [-0.15, -0.1) is 11.3 Å². The lowest BCUT2D eigenvalue weighted by Crippen LogP contribution is -2.00. The van der Waals surface area contributed by atoms with Gasteiger partial charge in [-0.2, -0.15) is 0 Å². The number of H-pyrrole nitrogens is 1. The number of nitrogens with one attached hydrogen (secondary N) is 1. The van der Waals surface area contributed by atoms with Crippen LogP contribution in [-0.2, 0) is 4.74 Å². The molecule has 0 aliphatic carbocycles. The minimum atomic E-state index is -0.450. The number of thiazole rings is 1. The molecule has 0 amide bonds. The second-order valence-electron chi connectivity index (χ2n) is 4.57. The molecule has 112 valence electrons. The first kappa shape index (κ1) is 14.3. The Bertz CT molecular complexity index is 841. The van der Waals surface area contributed by atoms with Crippen LogP contribution in [-0.4, -0.2) is 23.0 Å². The molecule has 0 bridgehead atoms. The summed E-state index contributed by atoms with van der Waals surface area (Å²) >= 11 is 1.42. The van der Waals surface area contributed by atoms with Crippen LogP contribution < -0.4 is 5.73 Å². The molecule has 3 rings (SSSR count). The Morgan fingerprint density at radius 1 is 1.36 bits per heavy atom. The number of rotatable bonds is 3. The Labute approximate surface area is 129 Å². The van der Waals surface area contributed by atoms with Gasteiger partial charge in [0.1, 0.15) is 16.5 Å². The van der Waals surface area contributed by atoms with Gasteiger partial charge in [0.25, 0.3) is 0 Å². The van der Waals surface area contributed by atoms with E-state index in [1.807, 2.05) is 5.38 Å². The van der Waals surface area contributed by atoms with Crippen LogP contribution in [0.1, 0.15) is 10.5 Å². The first-order valence-corrected chi connectivity index (χ1v) is 7.24. The molecule has 0 unspecified atom stereocenters. The number of ether oxygens (including phenoxy) is 1. The number of carbonyl (C=O) groups excluding carboxylic acids is 1. The van der Waals surface area contributed by atoms with Crippen LogP contribution in [0.15, 0.2) is 35.8 Å². The highest BCUT2D eigenvalue weighted by Crippen LogP contribution is 2.30. The number of aromatic amines is 1. The van der Waals surface area contributed by atoms with Gasteiger partial charge in [0.05, 0.1) is 18.5 Å². The number of benzene rings is 1. The molecule has 5 nitrogen and oxygen atoms in total. The van der Waals surface area contributed by atoms with E-state index in [0.29, 0.717) is 11.4 Å². The molecule has 0 aliphatic heterocycles. The molecule has 2 aromatic heterocycles. The maximum Gasteiger partial charge on any atom is 0.354 e. The second kappa shape index (κ2) is 5.61. The van der Waals surface area contributed by atoms with Crippen molar-refractivity contribution in [2.45, 2.75) is 0 Å². The third-order valence-corrected chi connectivity index (χ3v) is 4.02. The topological polar surface area (TPSA) is 81.0 Å². The van der Waals surface area contributed by atoms with Crippen LogP contribution >= 0.6 is 11.3 Å². The highest BCUT2D eigenvalue weighted by Gasteiger charge is 2.13. The predicted molar refractivity (Wildman–Crippen MR) is 83.0 cm³/mol. The van der Waals surface area contributed by atoms with Crippen LogP contribution in [0.3, 0.4) is 0 Å². The van der Waals surface area contributed by atoms with E-state index in [4.69, 9.17) is 5.73 Å². The monoisotopic (exact) mass is 317 g/mol. The number of anilines is 1. The summed E-state index contributed by atoms with van der Waals surface area (Å²) < 4.78 is 17.9. The van der Waals surface area contributed by atoms with E-state index in [2.05, 4.69) is 14.7 Å². The number of nitrogen functional groups attached to an aromatic ring is 1. The van der Waals surface area contributed by atoms with Gasteiger partial charge in [-0.05, 0) is 24.3 Å². The molecule has 0 spiro atoms. The molecule has 1 aromatic carbocycles. The van der Waals surface area contributed by atoms with Crippen molar-refractivity contribution in [3.05, 3.63) is 47.4 Å². The Hall–Kier alpha value is -2.67. The zero-order valence-corrected chi connectivity index (χ0v) is 12.4. The maximum absolute atomic E-state index is 13.2. The van der Waals surface area contributed by atoms with Crippen LogP contribution in [0.5, 0.6) is 0 Å². The normalized spacial score (nSPS) is 10.6. The van der Waals surface area contributed by atoms with Crippen molar-refractivity contribution in [3.63, 3.8) is 0 Å². The summed E-state index contributed by atoms with van der Waals surface area (Å²) in [5.74, 6) is -0.887. The van der Waals surface area contributed by atoms with Crippen molar-refractivity contribution in [2.24, 2.45) is 0 Å². The highest BCUT2D eigenvalue weighted by molar-refractivity contribution is 7.13. The summed E-state index contributed by atoms with van der Waals surface area (Å²) in [4.78, 5) is 18.8. The molecule has 2 heterocycles. The van der Waals surface area contributed by atoms with Crippen molar-refractivity contribution >= 4 is 23.0 Å². The van der Waals surface area contributed by atoms with Crippen molar-refractivity contribution in [1.82, 2.24) is 9.97 Å². The van der Waals surface area contributed by atoms with Crippen LogP contribution in [0.2, 0.25) is 0 Å². The number of hydrogen-bond acceptors (Lipinski definition) is 5. The van der Waals surface area contributed by atoms with Crippen LogP contribution in [0.25, 0.3) is 21.8 Å². The molecule has 0 aliphatic rings. The summed E-state index contributed by atoms with van der Waals surface area (Å²) in [6.07, 6.45) is 1.68. The number of methoxy groups -OCH3 is 1. The summed E-state index contributed by atoms with van der Waals surface area (Å²) in [7, 11) is 1.32. The molecule has 0 atom stereocenters. The standard InChI is InChI=1S/C15H12FN3O2S/c1-21-15(20)12-5-9(6-18-12)13-7-22-14(19-13)8-2-3-10(16)11(17)4-8/h2-7,18H,17H2,1H3. The van der Waals surface area contributed by atoms with Crippen molar-refractivity contribution in [3.8, 4) is 21.8 Å². The number of halogens is 1. The molecule has 22 heavy (non-hydrogen) atoms. The predicted octanol–water partition coefficient (Wildman–Crippen LogP) is 3.31. The molecular formula is C15H12FN3O2S. The number of aromatic nitrogens is 2. The fraction of sp³-hybridized carbons (Fsp3) is 0.0667. The number of carbonyl (C=O) groups is 1. The molecule has 0 fully saturated rings. The van der Waals surface area contributed by atoms with Gasteiger partial charge in [0.15, 0.2) is 0 Å². The smallest absolute Gasteiger partial charge is 0.354 e. The van der Waals surface area contributed by atoms with E-state index < -0.39 is 11.8 Å². The zero-order chi connectivity index (χ0) is 15.7. The molecule has 0 saturated heterocycles. The molecule has 7 heteroatoms. The van der Waals surface area contributed by atoms with Gasteiger partial charge in [-0.1, -0.05) is 0 Å². The molecule has 3 aromatic rings. The number of nitrogens with zero attached hydrogens (tertiary/aromatic N) is 1. The fourth-order valence-corrected chi connectivity index (χ4v) is 2.81. The number of hydrogen-bond donors (Lipinski definition) is 2. The van der Waals surface area contributed by atoms with E-state index >= 15 is 0 Å². The van der Waals surface area contributed by atoms with Gasteiger partial charge < -0.3 is 15.5 Å². The largest absolute Gasteiger partial charge is 0.464 e. The fourth-order valence-electron chi connectivity index (χ4n) is 1.99. The van der Waals surface area contributed by atoms with E-state index in [0.717, 1.165) is 16.1 Å². The lowest BCUT2D eigenvalue weighted by Gasteiger charge is -1.99. The molecule has 3 N–H and O–H groups in total. The van der Waals surface area contributed by atoms with E-state index in [1.165, 1.54) is 24.5 Å². The summed E-state index contributed by atoms with van der Waals surface area (Å²) in [5, 5.41) is 2.58. The lowest BCUT2D eigenvalue weighted by atomic mass is 10.2. The van der Waals surface area contributed by atoms with Gasteiger partial charge in [-0.3, -0.25) is 0 Å². The summed E-state index contributed by atoms with van der Waals surface area (Å²) in [5.41, 5.74) is 8.26. The second-order valence-corrected chi connectivity index (χ2v) is 5.43. The van der Waals surface area contributed by atoms with Gasteiger partial charge >= 0.3 is 5.97 Å². The lowest BCUT2D eigenvalue weighted by molar-refractivity contribution is 0.0595. The third-order valence-electron chi connectivity index (χ3n) is 3.13. The van der Waals surface area contributed by atoms with Crippen LogP contribution in [0.4, 0.5) is 10.1 Å². The molecule has 0 radical (unpaired) electrons. The van der Waals surface area contributed by atoms with Crippen molar-refractivity contribution in [1.29, 1.82) is 0 Å². The SMILES string of the molecule is COC(=O)c1cc(-c2csc(-c3ccc(F)c(N)c3)n2)c[nH]1. The van der Waals surface area contributed by atoms with Crippen molar-refractivity contribution in [2.75, 3.05) is 12.8 Å². The van der Waals surface area contributed by atoms with Gasteiger partial charge in [-0.25, -0.2) is 14.2 Å². The zero-order valence-electron chi connectivity index (χ0n) is 11.6. The third kappa shape index (κ3) is 2.58. The number of nitrogens with two attached hydrogens (primary N) is 1. The minimum absolute atomic E-state index is 0.0869. The Kier molecular flexibility index (Phi) is 3.64. The average molecular weight is 317 g/mol. The minimum Gasteiger partial charge on any atom is -0.464 e. The first-order chi connectivity index (χ1) is 10.6. The Morgan fingerprint density at radius 2 is 2.18 bits per heavy atom. The number of esters is 1. The Morgan fingerprint density at radius 3 is 2.91 bits per heavy atom. The molecule has 0 saturated carbocycles. The summed E-state index contributed by atoms with van der Waals surface area (Å²) in [6.45, 7) is 0. The molecular weight excluding hydrogens is 305 g/mol. The average Bonchev–Trinajstić information content (AvgIpc) is 3.17.